The second-order valence-electron chi connectivity index (χ2n) is 6.95. The molecule has 0 radical (unpaired) electrons. The van der Waals surface area contributed by atoms with Crippen molar-refractivity contribution >= 4 is 11.6 Å². The minimum Gasteiger partial charge on any atom is -0.337 e. The van der Waals surface area contributed by atoms with Gasteiger partial charge in [-0.25, -0.2) is 4.68 Å². The molecule has 1 aromatic heterocycles. The molecule has 1 aromatic carbocycles. The van der Waals surface area contributed by atoms with Crippen LogP contribution in [-0.4, -0.2) is 52.2 Å². The molecule has 0 saturated carbocycles. The van der Waals surface area contributed by atoms with Crippen LogP contribution in [0.5, 0.6) is 0 Å². The van der Waals surface area contributed by atoms with Crippen molar-refractivity contribution in [3.05, 3.63) is 62.1 Å². The Morgan fingerprint density at radius 2 is 2.00 bits per heavy atom. The number of hydrogen-bond donors (Lipinski definition) is 1. The van der Waals surface area contributed by atoms with Crippen molar-refractivity contribution in [2.45, 2.75) is 19.8 Å². The summed E-state index contributed by atoms with van der Waals surface area (Å²) in [6.45, 7) is 3.65. The highest BCUT2D eigenvalue weighted by molar-refractivity contribution is 5.92. The van der Waals surface area contributed by atoms with Crippen LogP contribution in [0.3, 0.4) is 0 Å². The van der Waals surface area contributed by atoms with Crippen molar-refractivity contribution in [1.82, 2.24) is 20.0 Å². The van der Waals surface area contributed by atoms with Crippen LogP contribution < -0.4 is 10.7 Å². The molecule has 3 rings (SSSR count). The summed E-state index contributed by atoms with van der Waals surface area (Å²) in [6, 6.07) is 7.41. The molecule has 0 unspecified atom stereocenters. The Balaban J connectivity index is 1.94. The lowest BCUT2D eigenvalue weighted by Gasteiger charge is -2.31. The van der Waals surface area contributed by atoms with Crippen LogP contribution in [-0.2, 0) is 0 Å². The number of hydrogen-bond acceptors (Lipinski definition) is 6. The third-order valence-electron chi connectivity index (χ3n) is 5.01. The monoisotopic (exact) mass is 385 g/mol. The highest BCUT2D eigenvalue weighted by atomic mass is 16.6. The summed E-state index contributed by atoms with van der Waals surface area (Å²) in [4.78, 5) is 37.8. The van der Waals surface area contributed by atoms with Crippen molar-refractivity contribution in [1.29, 1.82) is 0 Å². The van der Waals surface area contributed by atoms with E-state index in [2.05, 4.69) is 10.4 Å². The lowest BCUT2D eigenvalue weighted by atomic mass is 9.96. The van der Waals surface area contributed by atoms with Crippen molar-refractivity contribution < 1.29 is 9.72 Å². The first-order chi connectivity index (χ1) is 13.4. The van der Waals surface area contributed by atoms with E-state index in [1.165, 1.54) is 16.8 Å². The number of piperidine rings is 1. The van der Waals surface area contributed by atoms with E-state index in [0.29, 0.717) is 24.7 Å². The maximum absolute atomic E-state index is 12.9. The number of nitrogens with one attached hydrogen (secondary N) is 1. The molecule has 2 heterocycles. The first-order valence-corrected chi connectivity index (χ1v) is 9.21. The molecule has 28 heavy (non-hydrogen) atoms. The Kier molecular flexibility index (Phi) is 5.84. The number of carbonyl (C=O) groups is 1. The third-order valence-corrected chi connectivity index (χ3v) is 5.01. The van der Waals surface area contributed by atoms with E-state index in [-0.39, 0.29) is 17.1 Å². The fraction of sp³-hybridized carbons (Fsp3) is 0.421. The van der Waals surface area contributed by atoms with Crippen LogP contribution >= 0.6 is 0 Å². The van der Waals surface area contributed by atoms with Gasteiger partial charge < -0.3 is 10.2 Å². The molecule has 1 aliphatic heterocycles. The highest BCUT2D eigenvalue weighted by Crippen LogP contribution is 2.23. The van der Waals surface area contributed by atoms with E-state index in [0.717, 1.165) is 19.4 Å². The van der Waals surface area contributed by atoms with Gasteiger partial charge in [-0.1, -0.05) is 12.1 Å². The molecule has 9 heteroatoms. The molecule has 148 valence electrons. The Labute approximate surface area is 162 Å². The number of para-hydroxylation sites is 2. The van der Waals surface area contributed by atoms with Gasteiger partial charge in [0.25, 0.3) is 11.6 Å². The van der Waals surface area contributed by atoms with E-state index in [9.17, 15) is 19.7 Å². The van der Waals surface area contributed by atoms with Crippen molar-refractivity contribution in [3.8, 4) is 5.69 Å². The quantitative estimate of drug-likeness (QED) is 0.617. The van der Waals surface area contributed by atoms with E-state index in [4.69, 9.17) is 0 Å². The Hall–Kier alpha value is -3.07. The average Bonchev–Trinajstić information content (AvgIpc) is 2.68. The summed E-state index contributed by atoms with van der Waals surface area (Å²) in [5, 5.41) is 18.7. The Morgan fingerprint density at radius 3 is 2.64 bits per heavy atom. The van der Waals surface area contributed by atoms with Crippen LogP contribution in [0, 0.1) is 23.0 Å². The molecule has 2 aromatic rings. The summed E-state index contributed by atoms with van der Waals surface area (Å²) in [5.74, 6) is 0.0731. The predicted molar refractivity (Wildman–Crippen MR) is 104 cm³/mol. The molecule has 0 bridgehead atoms. The first kappa shape index (κ1) is 19.7. The molecule has 1 amide bonds. The number of nitro groups is 1. The Bertz CT molecular complexity index is 948. The van der Waals surface area contributed by atoms with Gasteiger partial charge in [0, 0.05) is 30.9 Å². The normalized spacial score (nSPS) is 14.9. The van der Waals surface area contributed by atoms with Crippen LogP contribution in [0.4, 0.5) is 5.69 Å². The smallest absolute Gasteiger partial charge is 0.294 e. The third kappa shape index (κ3) is 3.94. The van der Waals surface area contributed by atoms with E-state index in [1.54, 1.807) is 30.0 Å². The summed E-state index contributed by atoms with van der Waals surface area (Å²) in [5.41, 5.74) is -0.200. The van der Waals surface area contributed by atoms with E-state index in [1.807, 2.05) is 7.05 Å². The fourth-order valence-electron chi connectivity index (χ4n) is 3.52. The largest absolute Gasteiger partial charge is 0.337 e. The van der Waals surface area contributed by atoms with Crippen molar-refractivity contribution in [3.63, 3.8) is 0 Å². The number of likely N-dealkylation sites (tertiary alicyclic amines) is 1. The van der Waals surface area contributed by atoms with E-state index < -0.39 is 16.3 Å². The van der Waals surface area contributed by atoms with Gasteiger partial charge in [-0.2, -0.15) is 5.10 Å². The average molecular weight is 385 g/mol. The minimum absolute atomic E-state index is 0.145. The molecule has 9 nitrogen and oxygen atoms in total. The van der Waals surface area contributed by atoms with Crippen LogP contribution in [0.15, 0.2) is 35.1 Å². The molecule has 0 spiro atoms. The molecule has 1 saturated heterocycles. The zero-order chi connectivity index (χ0) is 20.3. The molecule has 1 fully saturated rings. The molecule has 1 aliphatic rings. The number of carbonyl (C=O) groups excluding carboxylic acids is 1. The second-order valence-corrected chi connectivity index (χ2v) is 6.95. The lowest BCUT2D eigenvalue weighted by Crippen LogP contribution is -2.42. The number of nitrogens with zero attached hydrogens (tertiary/aromatic N) is 4. The van der Waals surface area contributed by atoms with Gasteiger partial charge in [0.15, 0.2) is 5.69 Å². The highest BCUT2D eigenvalue weighted by Gasteiger charge is 2.27. The zero-order valence-corrected chi connectivity index (χ0v) is 15.9. The molecular formula is C19H23N5O4. The van der Waals surface area contributed by atoms with Gasteiger partial charge in [-0.15, -0.1) is 0 Å². The maximum atomic E-state index is 12.9. The number of benzene rings is 1. The van der Waals surface area contributed by atoms with Gasteiger partial charge in [0.1, 0.15) is 5.69 Å². The standard InChI is InChI=1S/C19H23N5O4/c1-13-11-17(25)18(19(26)22-9-7-14(8-10-22)12-20-2)21-23(13)15-5-3-4-6-16(15)24(27)28/h3-6,11,14,20H,7-10,12H2,1-2H3. The number of aryl methyl sites for hydroxylation is 1. The summed E-state index contributed by atoms with van der Waals surface area (Å²) in [7, 11) is 1.90. The van der Waals surface area contributed by atoms with Gasteiger partial charge in [-0.3, -0.25) is 19.7 Å². The lowest BCUT2D eigenvalue weighted by molar-refractivity contribution is -0.384. The van der Waals surface area contributed by atoms with Gasteiger partial charge in [0.05, 0.1) is 4.92 Å². The first-order valence-electron chi connectivity index (χ1n) is 9.21. The number of rotatable bonds is 5. The molecule has 0 aliphatic carbocycles. The van der Waals surface area contributed by atoms with Crippen LogP contribution in [0.1, 0.15) is 29.0 Å². The minimum atomic E-state index is -0.511. The topological polar surface area (TPSA) is 110 Å². The van der Waals surface area contributed by atoms with Gasteiger partial charge in [0.2, 0.25) is 5.43 Å². The Morgan fingerprint density at radius 1 is 1.32 bits per heavy atom. The zero-order valence-electron chi connectivity index (χ0n) is 15.9. The number of nitro benzene ring substituents is 1. The van der Waals surface area contributed by atoms with E-state index >= 15 is 0 Å². The van der Waals surface area contributed by atoms with Crippen molar-refractivity contribution in [2.75, 3.05) is 26.7 Å². The number of aromatic nitrogens is 2. The summed E-state index contributed by atoms with van der Waals surface area (Å²) < 4.78 is 1.29. The molecule has 1 N–H and O–H groups in total. The summed E-state index contributed by atoms with van der Waals surface area (Å²) in [6.07, 6.45) is 1.72. The van der Waals surface area contributed by atoms with Gasteiger partial charge in [-0.05, 0) is 45.3 Å². The molecule has 0 atom stereocenters. The van der Waals surface area contributed by atoms with Crippen molar-refractivity contribution in [2.24, 2.45) is 5.92 Å². The van der Waals surface area contributed by atoms with Crippen LogP contribution in [0.25, 0.3) is 5.69 Å². The predicted octanol–water partition coefficient (Wildman–Crippen LogP) is 1.52. The maximum Gasteiger partial charge on any atom is 0.294 e. The number of amides is 1. The van der Waals surface area contributed by atoms with Gasteiger partial charge >= 0.3 is 0 Å². The second kappa shape index (κ2) is 8.30. The summed E-state index contributed by atoms with van der Waals surface area (Å²) >= 11 is 0. The molecular weight excluding hydrogens is 362 g/mol. The fourth-order valence-corrected chi connectivity index (χ4v) is 3.52. The SMILES string of the molecule is CNCC1CCN(C(=O)c2nn(-c3ccccc3[N+](=O)[O-])c(C)cc2=O)CC1. The van der Waals surface area contributed by atoms with Crippen LogP contribution in [0.2, 0.25) is 0 Å².